The molecule has 25 heavy (non-hydrogen) atoms. The molecule has 4 rings (SSSR count). The number of aromatic nitrogens is 1. The average molecular weight is 339 g/mol. The monoisotopic (exact) mass is 339 g/mol. The summed E-state index contributed by atoms with van der Waals surface area (Å²) in [5.41, 5.74) is 2.15. The van der Waals surface area contributed by atoms with Crippen LogP contribution in [-0.2, 0) is 16.1 Å². The SMILES string of the molecule is O=C(C1CCC(=O)N1Cc1c[nH]c2ccccc12)N1CCCCCC1. The number of rotatable bonds is 3. The van der Waals surface area contributed by atoms with E-state index in [4.69, 9.17) is 0 Å². The van der Waals surface area contributed by atoms with Gasteiger partial charge in [-0.25, -0.2) is 0 Å². The number of aromatic amines is 1. The van der Waals surface area contributed by atoms with Crippen LogP contribution >= 0.6 is 0 Å². The molecule has 1 unspecified atom stereocenters. The third kappa shape index (κ3) is 3.15. The number of hydrogen-bond donors (Lipinski definition) is 1. The van der Waals surface area contributed by atoms with Crippen molar-refractivity contribution in [1.82, 2.24) is 14.8 Å². The summed E-state index contributed by atoms with van der Waals surface area (Å²) in [5.74, 6) is 0.242. The van der Waals surface area contributed by atoms with Crippen LogP contribution in [0.15, 0.2) is 30.5 Å². The topological polar surface area (TPSA) is 56.4 Å². The fourth-order valence-corrected chi connectivity index (χ4v) is 4.14. The summed E-state index contributed by atoms with van der Waals surface area (Å²) in [7, 11) is 0. The predicted molar refractivity (Wildman–Crippen MR) is 96.9 cm³/mol. The van der Waals surface area contributed by atoms with E-state index in [1.807, 2.05) is 29.3 Å². The second-order valence-corrected chi connectivity index (χ2v) is 7.18. The van der Waals surface area contributed by atoms with Crippen LogP contribution in [0.5, 0.6) is 0 Å². The van der Waals surface area contributed by atoms with Crippen molar-refractivity contribution in [3.05, 3.63) is 36.0 Å². The highest BCUT2D eigenvalue weighted by Crippen LogP contribution is 2.27. The van der Waals surface area contributed by atoms with E-state index in [0.29, 0.717) is 19.4 Å². The first kappa shape index (κ1) is 16.2. The van der Waals surface area contributed by atoms with Crippen LogP contribution in [0.2, 0.25) is 0 Å². The van der Waals surface area contributed by atoms with Crippen LogP contribution in [0.4, 0.5) is 0 Å². The van der Waals surface area contributed by atoms with Crippen LogP contribution in [0.3, 0.4) is 0 Å². The van der Waals surface area contributed by atoms with Gasteiger partial charge in [-0.05, 0) is 30.9 Å². The van der Waals surface area contributed by atoms with Crippen molar-refractivity contribution in [2.24, 2.45) is 0 Å². The van der Waals surface area contributed by atoms with Gasteiger partial charge in [-0.2, -0.15) is 0 Å². The van der Waals surface area contributed by atoms with Crippen molar-refractivity contribution < 1.29 is 9.59 Å². The molecule has 2 aliphatic rings. The number of para-hydroxylation sites is 1. The Labute approximate surface area is 148 Å². The van der Waals surface area contributed by atoms with Gasteiger partial charge in [0.25, 0.3) is 0 Å². The van der Waals surface area contributed by atoms with Crippen LogP contribution in [-0.4, -0.2) is 45.7 Å². The molecule has 1 aromatic heterocycles. The number of likely N-dealkylation sites (tertiary alicyclic amines) is 2. The van der Waals surface area contributed by atoms with E-state index in [-0.39, 0.29) is 17.9 Å². The molecular weight excluding hydrogens is 314 g/mol. The Kier molecular flexibility index (Phi) is 4.47. The van der Waals surface area contributed by atoms with Crippen molar-refractivity contribution in [1.29, 1.82) is 0 Å². The van der Waals surface area contributed by atoms with Crippen LogP contribution < -0.4 is 0 Å². The van der Waals surface area contributed by atoms with E-state index < -0.39 is 0 Å². The first-order valence-corrected chi connectivity index (χ1v) is 9.37. The maximum atomic E-state index is 13.0. The Morgan fingerprint density at radius 2 is 1.88 bits per heavy atom. The molecule has 5 nitrogen and oxygen atoms in total. The number of fused-ring (bicyclic) bond motifs is 1. The quantitative estimate of drug-likeness (QED) is 0.934. The van der Waals surface area contributed by atoms with Gasteiger partial charge >= 0.3 is 0 Å². The van der Waals surface area contributed by atoms with Gasteiger partial charge in [-0.1, -0.05) is 31.0 Å². The van der Waals surface area contributed by atoms with Crippen molar-refractivity contribution in [2.45, 2.75) is 51.1 Å². The molecule has 2 saturated heterocycles. The number of nitrogens with zero attached hydrogens (tertiary/aromatic N) is 2. The molecular formula is C20H25N3O2. The molecule has 1 N–H and O–H groups in total. The lowest BCUT2D eigenvalue weighted by molar-refractivity contribution is -0.141. The molecule has 0 radical (unpaired) electrons. The second kappa shape index (κ2) is 6.90. The summed E-state index contributed by atoms with van der Waals surface area (Å²) in [6, 6.07) is 7.80. The van der Waals surface area contributed by atoms with Crippen molar-refractivity contribution in [3.63, 3.8) is 0 Å². The normalized spacial score (nSPS) is 21.8. The highest BCUT2D eigenvalue weighted by molar-refractivity contribution is 5.91. The van der Waals surface area contributed by atoms with Crippen molar-refractivity contribution in [3.8, 4) is 0 Å². The number of benzene rings is 1. The van der Waals surface area contributed by atoms with Crippen LogP contribution in [0.1, 0.15) is 44.1 Å². The highest BCUT2D eigenvalue weighted by atomic mass is 16.2. The number of hydrogen-bond acceptors (Lipinski definition) is 2. The van der Waals surface area contributed by atoms with E-state index in [9.17, 15) is 9.59 Å². The summed E-state index contributed by atoms with van der Waals surface area (Å²) in [4.78, 5) is 32.5. The molecule has 0 saturated carbocycles. The summed E-state index contributed by atoms with van der Waals surface area (Å²) in [6.07, 6.45) is 7.65. The Morgan fingerprint density at radius 3 is 2.68 bits per heavy atom. The predicted octanol–water partition coefficient (Wildman–Crippen LogP) is 3.06. The van der Waals surface area contributed by atoms with Gasteiger partial charge in [0.05, 0.1) is 0 Å². The third-order valence-electron chi connectivity index (χ3n) is 5.55. The standard InChI is InChI=1S/C20H25N3O2/c24-19-10-9-18(20(25)22-11-5-1-2-6-12-22)23(19)14-15-13-21-17-8-4-3-7-16(15)17/h3-4,7-8,13,18,21H,1-2,5-6,9-12,14H2. The maximum absolute atomic E-state index is 13.0. The smallest absolute Gasteiger partial charge is 0.245 e. The number of carbonyl (C=O) groups is 2. The van der Waals surface area contributed by atoms with E-state index in [0.717, 1.165) is 42.4 Å². The fraction of sp³-hybridized carbons (Fsp3) is 0.500. The maximum Gasteiger partial charge on any atom is 0.245 e. The Bertz CT molecular complexity index is 774. The third-order valence-corrected chi connectivity index (χ3v) is 5.55. The minimum absolute atomic E-state index is 0.0958. The van der Waals surface area contributed by atoms with Gasteiger partial charge in [0, 0.05) is 43.2 Å². The van der Waals surface area contributed by atoms with Gasteiger partial charge < -0.3 is 14.8 Å². The molecule has 5 heteroatoms. The van der Waals surface area contributed by atoms with Gasteiger partial charge in [0.2, 0.25) is 11.8 Å². The zero-order valence-corrected chi connectivity index (χ0v) is 14.5. The molecule has 2 aliphatic heterocycles. The molecule has 2 aromatic rings. The number of carbonyl (C=O) groups excluding carboxylic acids is 2. The molecule has 1 aromatic carbocycles. The zero-order chi connectivity index (χ0) is 17.2. The number of nitrogens with one attached hydrogen (secondary N) is 1. The van der Waals surface area contributed by atoms with Crippen LogP contribution in [0.25, 0.3) is 10.9 Å². The van der Waals surface area contributed by atoms with E-state index in [1.165, 1.54) is 12.8 Å². The summed E-state index contributed by atoms with van der Waals surface area (Å²) < 4.78 is 0. The fourth-order valence-electron chi connectivity index (χ4n) is 4.14. The summed E-state index contributed by atoms with van der Waals surface area (Å²) >= 11 is 0. The van der Waals surface area contributed by atoms with Crippen LogP contribution in [0, 0.1) is 0 Å². The summed E-state index contributed by atoms with van der Waals surface area (Å²) in [5, 5.41) is 1.13. The van der Waals surface area contributed by atoms with Gasteiger partial charge in [0.15, 0.2) is 0 Å². The van der Waals surface area contributed by atoms with E-state index >= 15 is 0 Å². The van der Waals surface area contributed by atoms with E-state index in [2.05, 4.69) is 11.1 Å². The largest absolute Gasteiger partial charge is 0.361 e. The Morgan fingerprint density at radius 1 is 1.12 bits per heavy atom. The zero-order valence-electron chi connectivity index (χ0n) is 14.5. The first-order chi connectivity index (χ1) is 12.2. The van der Waals surface area contributed by atoms with Crippen molar-refractivity contribution in [2.75, 3.05) is 13.1 Å². The average Bonchev–Trinajstić information content (AvgIpc) is 3.08. The lowest BCUT2D eigenvalue weighted by atomic mass is 10.1. The molecule has 132 valence electrons. The Balaban J connectivity index is 1.54. The minimum Gasteiger partial charge on any atom is -0.361 e. The van der Waals surface area contributed by atoms with Gasteiger partial charge in [0.1, 0.15) is 6.04 Å². The second-order valence-electron chi connectivity index (χ2n) is 7.18. The lowest BCUT2D eigenvalue weighted by Crippen LogP contribution is -2.46. The van der Waals surface area contributed by atoms with Gasteiger partial charge in [-0.3, -0.25) is 9.59 Å². The number of H-pyrrole nitrogens is 1. The lowest BCUT2D eigenvalue weighted by Gasteiger charge is -2.29. The molecule has 2 amide bonds. The Hall–Kier alpha value is -2.30. The first-order valence-electron chi connectivity index (χ1n) is 9.37. The molecule has 3 heterocycles. The number of amides is 2. The van der Waals surface area contributed by atoms with Gasteiger partial charge in [-0.15, -0.1) is 0 Å². The molecule has 0 aliphatic carbocycles. The minimum atomic E-state index is -0.292. The molecule has 0 spiro atoms. The van der Waals surface area contributed by atoms with E-state index in [1.54, 1.807) is 4.90 Å². The van der Waals surface area contributed by atoms with Crippen molar-refractivity contribution >= 4 is 22.7 Å². The molecule has 2 fully saturated rings. The highest BCUT2D eigenvalue weighted by Gasteiger charge is 2.38. The molecule has 1 atom stereocenters. The molecule has 0 bridgehead atoms. The summed E-state index contributed by atoms with van der Waals surface area (Å²) in [6.45, 7) is 2.18.